The van der Waals surface area contributed by atoms with Gasteiger partial charge < -0.3 is 20.1 Å². The van der Waals surface area contributed by atoms with E-state index in [-0.39, 0.29) is 11.8 Å². The van der Waals surface area contributed by atoms with Crippen molar-refractivity contribution in [1.82, 2.24) is 14.8 Å². The number of carbonyl (C=O) groups is 2. The summed E-state index contributed by atoms with van der Waals surface area (Å²) in [4.78, 5) is 33.8. The predicted molar refractivity (Wildman–Crippen MR) is 125 cm³/mol. The van der Waals surface area contributed by atoms with Gasteiger partial charge in [-0.3, -0.25) is 9.59 Å². The third-order valence-corrected chi connectivity index (χ3v) is 6.55. The SMILES string of the molecule is CCN(CC)CCN1CCCc2[nH]c(C=C3C(=O)Nc4ccc(C)cc43)c(C)c2C1=O. The third-order valence-electron chi connectivity index (χ3n) is 6.55. The molecule has 0 atom stereocenters. The lowest BCUT2D eigenvalue weighted by Crippen LogP contribution is -2.38. The molecule has 1 aromatic heterocycles. The van der Waals surface area contributed by atoms with Gasteiger partial charge in [-0.25, -0.2) is 0 Å². The molecule has 1 aromatic carbocycles. The maximum atomic E-state index is 13.4. The molecule has 4 rings (SSSR count). The van der Waals surface area contributed by atoms with Crippen LogP contribution in [0.25, 0.3) is 11.6 Å². The topological polar surface area (TPSA) is 68.4 Å². The van der Waals surface area contributed by atoms with Crippen LogP contribution in [-0.2, 0) is 11.2 Å². The molecular formula is C25H32N4O2. The van der Waals surface area contributed by atoms with Gasteiger partial charge in [-0.2, -0.15) is 0 Å². The zero-order valence-electron chi connectivity index (χ0n) is 19.0. The average Bonchev–Trinajstić information content (AvgIpc) is 3.17. The van der Waals surface area contributed by atoms with Gasteiger partial charge >= 0.3 is 0 Å². The molecule has 2 aliphatic rings. The zero-order chi connectivity index (χ0) is 22.1. The minimum Gasteiger partial charge on any atom is -0.358 e. The maximum Gasteiger partial charge on any atom is 0.256 e. The van der Waals surface area contributed by atoms with Crippen LogP contribution in [0.5, 0.6) is 0 Å². The van der Waals surface area contributed by atoms with Crippen molar-refractivity contribution in [2.45, 2.75) is 40.5 Å². The van der Waals surface area contributed by atoms with E-state index in [9.17, 15) is 9.59 Å². The van der Waals surface area contributed by atoms with E-state index in [1.54, 1.807) is 0 Å². The molecule has 0 aliphatic carbocycles. The fraction of sp³-hybridized carbons (Fsp3) is 0.440. The number of carbonyl (C=O) groups excluding carboxylic acids is 2. The van der Waals surface area contributed by atoms with E-state index in [4.69, 9.17) is 0 Å². The molecule has 0 saturated heterocycles. The molecule has 2 N–H and O–H groups in total. The van der Waals surface area contributed by atoms with Gasteiger partial charge in [-0.1, -0.05) is 25.5 Å². The van der Waals surface area contributed by atoms with E-state index in [1.165, 1.54) is 0 Å². The van der Waals surface area contributed by atoms with Crippen molar-refractivity contribution >= 4 is 29.2 Å². The molecule has 0 radical (unpaired) electrons. The van der Waals surface area contributed by atoms with Gasteiger partial charge in [0, 0.05) is 42.3 Å². The van der Waals surface area contributed by atoms with Crippen molar-refractivity contribution in [3.63, 3.8) is 0 Å². The van der Waals surface area contributed by atoms with Gasteiger partial charge in [0.1, 0.15) is 0 Å². The van der Waals surface area contributed by atoms with Crippen molar-refractivity contribution in [2.75, 3.05) is 38.0 Å². The number of hydrogen-bond donors (Lipinski definition) is 2. The summed E-state index contributed by atoms with van der Waals surface area (Å²) in [6.07, 6.45) is 3.68. The van der Waals surface area contributed by atoms with Crippen molar-refractivity contribution in [3.8, 4) is 0 Å². The van der Waals surface area contributed by atoms with Crippen molar-refractivity contribution in [3.05, 3.63) is 51.8 Å². The number of aromatic nitrogens is 1. The van der Waals surface area contributed by atoms with Crippen LogP contribution in [0.4, 0.5) is 5.69 Å². The molecule has 0 unspecified atom stereocenters. The molecule has 2 aromatic rings. The molecule has 0 saturated carbocycles. The monoisotopic (exact) mass is 420 g/mol. The van der Waals surface area contributed by atoms with Gasteiger partial charge in [-0.15, -0.1) is 0 Å². The van der Waals surface area contributed by atoms with Crippen LogP contribution < -0.4 is 5.32 Å². The Labute approximate surface area is 184 Å². The summed E-state index contributed by atoms with van der Waals surface area (Å²) in [6, 6.07) is 5.97. The number of likely N-dealkylation sites (N-methyl/N-ethyl adjacent to an activating group) is 1. The van der Waals surface area contributed by atoms with Crippen LogP contribution in [0, 0.1) is 13.8 Å². The number of amides is 2. The summed E-state index contributed by atoms with van der Waals surface area (Å²) >= 11 is 0. The number of nitrogens with zero attached hydrogens (tertiary/aromatic N) is 2. The molecule has 0 fully saturated rings. The van der Waals surface area contributed by atoms with Crippen molar-refractivity contribution < 1.29 is 9.59 Å². The number of nitrogens with one attached hydrogen (secondary N) is 2. The number of aromatic amines is 1. The van der Waals surface area contributed by atoms with E-state index >= 15 is 0 Å². The molecule has 2 aliphatic heterocycles. The van der Waals surface area contributed by atoms with Gasteiger partial charge in [0.25, 0.3) is 11.8 Å². The smallest absolute Gasteiger partial charge is 0.256 e. The number of hydrogen-bond acceptors (Lipinski definition) is 3. The van der Waals surface area contributed by atoms with Gasteiger partial charge in [0.15, 0.2) is 0 Å². The Balaban J connectivity index is 1.65. The number of anilines is 1. The first-order chi connectivity index (χ1) is 14.9. The van der Waals surface area contributed by atoms with Crippen molar-refractivity contribution in [1.29, 1.82) is 0 Å². The van der Waals surface area contributed by atoms with Crippen LogP contribution in [0.2, 0.25) is 0 Å². The van der Waals surface area contributed by atoms with E-state index in [1.807, 2.05) is 43.0 Å². The first-order valence-electron chi connectivity index (χ1n) is 11.3. The first kappa shape index (κ1) is 21.4. The largest absolute Gasteiger partial charge is 0.358 e. The first-order valence-corrected chi connectivity index (χ1v) is 11.3. The second kappa shape index (κ2) is 8.71. The molecule has 31 heavy (non-hydrogen) atoms. The number of aryl methyl sites for hydroxylation is 2. The van der Waals surface area contributed by atoms with Gasteiger partial charge in [0.2, 0.25) is 0 Å². The number of rotatable bonds is 6. The molecule has 6 heteroatoms. The highest BCUT2D eigenvalue weighted by molar-refractivity contribution is 6.35. The summed E-state index contributed by atoms with van der Waals surface area (Å²) in [5.74, 6) is 0.00199. The standard InChI is InChI=1S/C25H32N4O2/c1-5-28(6-2)12-13-29-11-7-8-21-23(25(29)31)17(4)22(26-21)15-19-18-14-16(3)9-10-20(18)27-24(19)30/h9-10,14-15,26H,5-8,11-13H2,1-4H3,(H,27,30). The number of H-pyrrole nitrogens is 1. The normalized spacial score (nSPS) is 17.2. The highest BCUT2D eigenvalue weighted by Gasteiger charge is 2.29. The predicted octanol–water partition coefficient (Wildman–Crippen LogP) is 3.85. The molecule has 3 heterocycles. The van der Waals surface area contributed by atoms with Crippen LogP contribution in [0.15, 0.2) is 18.2 Å². The lowest BCUT2D eigenvalue weighted by Gasteiger charge is -2.25. The Kier molecular flexibility index (Phi) is 6.01. The zero-order valence-corrected chi connectivity index (χ0v) is 19.0. The Morgan fingerprint density at radius 2 is 1.94 bits per heavy atom. The lowest BCUT2D eigenvalue weighted by atomic mass is 10.0. The van der Waals surface area contributed by atoms with E-state index < -0.39 is 0 Å². The molecule has 0 spiro atoms. The average molecular weight is 421 g/mol. The van der Waals surface area contributed by atoms with Crippen molar-refractivity contribution in [2.24, 2.45) is 0 Å². The van der Waals surface area contributed by atoms with Gasteiger partial charge in [0.05, 0.1) is 11.1 Å². The van der Waals surface area contributed by atoms with Crippen LogP contribution in [-0.4, -0.2) is 59.3 Å². The molecule has 6 nitrogen and oxygen atoms in total. The van der Waals surface area contributed by atoms with E-state index in [2.05, 4.69) is 29.0 Å². The van der Waals surface area contributed by atoms with Gasteiger partial charge in [-0.05, 0) is 63.6 Å². The minimum absolute atomic E-state index is 0.100. The Morgan fingerprint density at radius 3 is 2.68 bits per heavy atom. The fourth-order valence-corrected chi connectivity index (χ4v) is 4.61. The Bertz CT molecular complexity index is 1050. The summed E-state index contributed by atoms with van der Waals surface area (Å²) in [5.41, 5.74) is 7.06. The van der Waals surface area contributed by atoms with Crippen LogP contribution in [0.1, 0.15) is 58.7 Å². The second-order valence-corrected chi connectivity index (χ2v) is 8.50. The van der Waals surface area contributed by atoms with E-state index in [0.29, 0.717) is 5.57 Å². The third kappa shape index (κ3) is 4.04. The molecule has 164 valence electrons. The van der Waals surface area contributed by atoms with Crippen LogP contribution >= 0.6 is 0 Å². The Morgan fingerprint density at radius 1 is 1.16 bits per heavy atom. The quantitative estimate of drug-likeness (QED) is 0.698. The maximum absolute atomic E-state index is 13.4. The lowest BCUT2D eigenvalue weighted by molar-refractivity contribution is -0.110. The van der Waals surface area contributed by atoms with E-state index in [0.717, 1.165) is 84.9 Å². The summed E-state index contributed by atoms with van der Waals surface area (Å²) in [5, 5.41) is 2.94. The minimum atomic E-state index is -0.100. The number of benzene rings is 1. The molecule has 2 amide bonds. The van der Waals surface area contributed by atoms with Crippen LogP contribution in [0.3, 0.4) is 0 Å². The summed E-state index contributed by atoms with van der Waals surface area (Å²) in [6.45, 7) is 12.7. The number of fused-ring (bicyclic) bond motifs is 2. The summed E-state index contributed by atoms with van der Waals surface area (Å²) in [7, 11) is 0. The summed E-state index contributed by atoms with van der Waals surface area (Å²) < 4.78 is 0. The second-order valence-electron chi connectivity index (χ2n) is 8.50. The highest BCUT2D eigenvalue weighted by atomic mass is 16.2. The molecular weight excluding hydrogens is 388 g/mol. The Hall–Kier alpha value is -2.86. The fourth-order valence-electron chi connectivity index (χ4n) is 4.61. The molecule has 0 bridgehead atoms. The highest BCUT2D eigenvalue weighted by Crippen LogP contribution is 2.35.